The third-order valence-corrected chi connectivity index (χ3v) is 8.30. The summed E-state index contributed by atoms with van der Waals surface area (Å²) in [7, 11) is 0. The zero-order valence-corrected chi connectivity index (χ0v) is 26.1. The highest BCUT2D eigenvalue weighted by atomic mass is 19.1. The zero-order valence-electron chi connectivity index (χ0n) is 26.1. The second-order valence-electron chi connectivity index (χ2n) is 11.8. The zero-order chi connectivity index (χ0) is 30.3. The Balaban J connectivity index is 1.30. The maximum atomic E-state index is 15.0. The molecule has 0 radical (unpaired) electrons. The van der Waals surface area contributed by atoms with E-state index in [1.807, 2.05) is 36.4 Å². The maximum absolute atomic E-state index is 15.0. The van der Waals surface area contributed by atoms with Crippen LogP contribution in [0.1, 0.15) is 102 Å². The fourth-order valence-corrected chi connectivity index (χ4v) is 5.59. The van der Waals surface area contributed by atoms with E-state index in [4.69, 9.17) is 4.74 Å². The lowest BCUT2D eigenvalue weighted by molar-refractivity contribution is 0.415. The molecule has 0 N–H and O–H groups in total. The molecule has 0 saturated heterocycles. The summed E-state index contributed by atoms with van der Waals surface area (Å²) in [6, 6.07) is 26.4. The molecule has 0 unspecified atom stereocenters. The largest absolute Gasteiger partial charge is 0.451 e. The second kappa shape index (κ2) is 17.6. The van der Waals surface area contributed by atoms with E-state index in [0.717, 1.165) is 35.1 Å². The molecular weight excluding hydrogens is 534 g/mol. The average molecular weight is 583 g/mol. The lowest BCUT2D eigenvalue weighted by Crippen LogP contribution is -1.93. The Hall–Kier alpha value is -3.46. The van der Waals surface area contributed by atoms with Gasteiger partial charge < -0.3 is 4.74 Å². The van der Waals surface area contributed by atoms with Gasteiger partial charge in [0.05, 0.1) is 0 Å². The van der Waals surface area contributed by atoms with E-state index < -0.39 is 11.6 Å². The van der Waals surface area contributed by atoms with Crippen LogP contribution in [-0.2, 0) is 12.8 Å². The Labute approximate surface area is 258 Å². The predicted octanol–water partition coefficient (Wildman–Crippen LogP) is 12.9. The van der Waals surface area contributed by atoms with Gasteiger partial charge in [0, 0.05) is 0 Å². The molecule has 0 aliphatic rings. The molecule has 228 valence electrons. The van der Waals surface area contributed by atoms with E-state index >= 15 is 8.78 Å². The van der Waals surface area contributed by atoms with Crippen LogP contribution in [0.3, 0.4) is 0 Å². The normalized spacial score (nSPS) is 11.2. The molecule has 4 rings (SSSR count). The van der Waals surface area contributed by atoms with Crippen molar-refractivity contribution in [2.45, 2.75) is 104 Å². The van der Waals surface area contributed by atoms with Crippen LogP contribution in [0, 0.1) is 11.6 Å². The molecule has 0 saturated carbocycles. The molecule has 0 heterocycles. The van der Waals surface area contributed by atoms with Crippen molar-refractivity contribution in [1.29, 1.82) is 0 Å². The van der Waals surface area contributed by atoms with Crippen LogP contribution >= 0.6 is 0 Å². The number of hydrogen-bond donors (Lipinski definition) is 0. The van der Waals surface area contributed by atoms with Crippen LogP contribution in [0.4, 0.5) is 8.78 Å². The number of halogens is 2. The summed E-state index contributed by atoms with van der Waals surface area (Å²) < 4.78 is 35.7. The van der Waals surface area contributed by atoms with E-state index in [1.165, 1.54) is 100 Å². The quantitative estimate of drug-likeness (QED) is 0.106. The van der Waals surface area contributed by atoms with Crippen LogP contribution < -0.4 is 4.74 Å². The van der Waals surface area contributed by atoms with Crippen LogP contribution in [0.25, 0.3) is 22.3 Å². The van der Waals surface area contributed by atoms with Crippen molar-refractivity contribution in [3.8, 4) is 33.8 Å². The van der Waals surface area contributed by atoms with Gasteiger partial charge in [-0.3, -0.25) is 0 Å². The summed E-state index contributed by atoms with van der Waals surface area (Å²) in [6.07, 6.45) is 17.5. The van der Waals surface area contributed by atoms with Gasteiger partial charge in [-0.25, -0.2) is 8.78 Å². The molecule has 4 aromatic carbocycles. The summed E-state index contributed by atoms with van der Waals surface area (Å²) in [6.45, 7) is 4.48. The van der Waals surface area contributed by atoms with Crippen molar-refractivity contribution in [2.75, 3.05) is 0 Å². The molecule has 0 aromatic heterocycles. The minimum atomic E-state index is -0.516. The molecule has 0 bridgehead atoms. The molecule has 43 heavy (non-hydrogen) atoms. The van der Waals surface area contributed by atoms with Gasteiger partial charge in [-0.2, -0.15) is 0 Å². The first kappa shape index (κ1) is 32.5. The first-order valence-electron chi connectivity index (χ1n) is 16.5. The number of unbranched alkanes of at least 4 members (excludes halogenated alkanes) is 10. The second-order valence-corrected chi connectivity index (χ2v) is 11.8. The van der Waals surface area contributed by atoms with Gasteiger partial charge in [-0.15, -0.1) is 0 Å². The summed E-state index contributed by atoms with van der Waals surface area (Å²) >= 11 is 0. The fraction of sp³-hybridized carbons (Fsp3) is 0.400. The SMILES string of the molecule is CCCCCCCCc1ccc(-c2ccc(Oc3ccc(-c4ccc(CCCCCCCC)cc4)cc3F)c(F)c2)cc1. The molecule has 0 atom stereocenters. The third kappa shape index (κ3) is 10.3. The minimum absolute atomic E-state index is 0.00846. The Bertz CT molecular complexity index is 1270. The van der Waals surface area contributed by atoms with E-state index in [1.54, 1.807) is 12.1 Å². The number of ether oxygens (including phenoxy) is 1. The standard InChI is InChI=1S/C40H48F2O/c1-3-5-7-9-11-13-15-31-17-21-33(22-18-31)35-25-27-39(37(41)29-35)43-40-28-26-36(30-38(40)42)34-23-19-32(20-24-34)16-14-12-10-8-6-4-2/h17-30H,3-16H2,1-2H3. The Kier molecular flexibility index (Phi) is 13.3. The first-order valence-corrected chi connectivity index (χ1v) is 16.5. The molecule has 0 aliphatic carbocycles. The van der Waals surface area contributed by atoms with Crippen molar-refractivity contribution in [3.63, 3.8) is 0 Å². The Morgan fingerprint density at radius 2 is 0.767 bits per heavy atom. The molecule has 4 aromatic rings. The van der Waals surface area contributed by atoms with Gasteiger partial charge in [0.15, 0.2) is 23.1 Å². The first-order chi connectivity index (χ1) is 21.1. The average Bonchev–Trinajstić information content (AvgIpc) is 3.03. The molecular formula is C40H48F2O. The fourth-order valence-electron chi connectivity index (χ4n) is 5.59. The van der Waals surface area contributed by atoms with Crippen molar-refractivity contribution < 1.29 is 13.5 Å². The van der Waals surface area contributed by atoms with Crippen LogP contribution in [0.5, 0.6) is 11.5 Å². The van der Waals surface area contributed by atoms with Gasteiger partial charge in [0.2, 0.25) is 0 Å². The van der Waals surface area contributed by atoms with Crippen molar-refractivity contribution >= 4 is 0 Å². The predicted molar refractivity (Wildman–Crippen MR) is 178 cm³/mol. The summed E-state index contributed by atoms with van der Waals surface area (Å²) in [5, 5.41) is 0. The van der Waals surface area contributed by atoms with E-state index in [0.29, 0.717) is 0 Å². The number of aryl methyl sites for hydroxylation is 2. The van der Waals surface area contributed by atoms with E-state index in [2.05, 4.69) is 38.1 Å². The molecule has 3 heteroatoms. The Morgan fingerprint density at radius 1 is 0.419 bits per heavy atom. The van der Waals surface area contributed by atoms with Gasteiger partial charge in [0.25, 0.3) is 0 Å². The molecule has 0 aliphatic heterocycles. The van der Waals surface area contributed by atoms with Crippen molar-refractivity contribution in [2.24, 2.45) is 0 Å². The summed E-state index contributed by atoms with van der Waals surface area (Å²) in [5.41, 5.74) is 6.06. The van der Waals surface area contributed by atoms with Gasteiger partial charge in [-0.05, 0) is 83.3 Å². The lowest BCUT2D eigenvalue weighted by atomic mass is 10.0. The number of rotatable bonds is 18. The highest BCUT2D eigenvalue weighted by Crippen LogP contribution is 2.33. The highest BCUT2D eigenvalue weighted by molar-refractivity contribution is 5.66. The summed E-state index contributed by atoms with van der Waals surface area (Å²) in [5.74, 6) is -1.01. The molecule has 0 spiro atoms. The summed E-state index contributed by atoms with van der Waals surface area (Å²) in [4.78, 5) is 0. The third-order valence-electron chi connectivity index (χ3n) is 8.30. The van der Waals surface area contributed by atoms with Crippen molar-refractivity contribution in [3.05, 3.63) is 108 Å². The smallest absolute Gasteiger partial charge is 0.166 e. The van der Waals surface area contributed by atoms with Crippen LogP contribution in [0.15, 0.2) is 84.9 Å². The molecule has 0 amide bonds. The number of benzene rings is 4. The van der Waals surface area contributed by atoms with E-state index in [9.17, 15) is 0 Å². The number of hydrogen-bond acceptors (Lipinski definition) is 1. The van der Waals surface area contributed by atoms with Crippen LogP contribution in [0.2, 0.25) is 0 Å². The van der Waals surface area contributed by atoms with Crippen molar-refractivity contribution in [1.82, 2.24) is 0 Å². The lowest BCUT2D eigenvalue weighted by Gasteiger charge is -2.11. The van der Waals surface area contributed by atoms with E-state index in [-0.39, 0.29) is 11.5 Å². The maximum Gasteiger partial charge on any atom is 0.166 e. The topological polar surface area (TPSA) is 9.23 Å². The van der Waals surface area contributed by atoms with Gasteiger partial charge in [0.1, 0.15) is 0 Å². The minimum Gasteiger partial charge on any atom is -0.451 e. The molecule has 1 nitrogen and oxygen atoms in total. The molecule has 0 fully saturated rings. The monoisotopic (exact) mass is 582 g/mol. The Morgan fingerprint density at radius 3 is 1.14 bits per heavy atom. The van der Waals surface area contributed by atoms with Gasteiger partial charge >= 0.3 is 0 Å². The highest BCUT2D eigenvalue weighted by Gasteiger charge is 2.12. The van der Waals surface area contributed by atoms with Gasteiger partial charge in [-0.1, -0.05) is 139 Å². The van der Waals surface area contributed by atoms with Crippen LogP contribution in [-0.4, -0.2) is 0 Å².